The van der Waals surface area contributed by atoms with Gasteiger partial charge in [-0.25, -0.2) is 4.68 Å². The number of nitrogens with zero attached hydrogens (tertiary/aromatic N) is 4. The molecule has 2 aliphatic rings. The fourth-order valence-corrected chi connectivity index (χ4v) is 4.90. The lowest BCUT2D eigenvalue weighted by Crippen LogP contribution is -2.46. The van der Waals surface area contributed by atoms with Crippen molar-refractivity contribution in [3.05, 3.63) is 51.3 Å². The number of aromatic nitrogens is 2. The van der Waals surface area contributed by atoms with E-state index in [2.05, 4.69) is 10.00 Å². The van der Waals surface area contributed by atoms with E-state index in [-0.39, 0.29) is 5.91 Å². The first kappa shape index (κ1) is 19.7. The minimum atomic E-state index is -0.00668. The first-order chi connectivity index (χ1) is 13.5. The van der Waals surface area contributed by atoms with Gasteiger partial charge in [-0.05, 0) is 57.3 Å². The molecule has 1 amide bonds. The molecule has 150 valence electrons. The number of carbonyl (C=O) groups excluding carboxylic acids is 1. The van der Waals surface area contributed by atoms with Gasteiger partial charge in [0.2, 0.25) is 0 Å². The van der Waals surface area contributed by atoms with Crippen molar-refractivity contribution in [2.24, 2.45) is 0 Å². The van der Waals surface area contributed by atoms with E-state index in [0.717, 1.165) is 31.5 Å². The third kappa shape index (κ3) is 3.93. The predicted molar refractivity (Wildman–Crippen MR) is 112 cm³/mol. The molecule has 1 aromatic heterocycles. The first-order valence-corrected chi connectivity index (χ1v) is 10.8. The van der Waals surface area contributed by atoms with Crippen LogP contribution in [0, 0.1) is 6.92 Å². The number of rotatable bonds is 4. The van der Waals surface area contributed by atoms with Crippen LogP contribution in [0.4, 0.5) is 0 Å². The van der Waals surface area contributed by atoms with Gasteiger partial charge in [0.15, 0.2) is 0 Å². The second kappa shape index (κ2) is 8.44. The molecular formula is C21H26Cl2N4O. The summed E-state index contributed by atoms with van der Waals surface area (Å²) in [5.74, 6) is -0.00668. The van der Waals surface area contributed by atoms with Crippen LogP contribution in [-0.4, -0.2) is 57.7 Å². The summed E-state index contributed by atoms with van der Waals surface area (Å²) in [4.78, 5) is 17.7. The second-order valence-corrected chi connectivity index (χ2v) is 8.53. The number of benzene rings is 1. The van der Waals surface area contributed by atoms with E-state index in [1.54, 1.807) is 4.68 Å². The molecule has 3 heterocycles. The number of hydrogen-bond donors (Lipinski definition) is 0. The lowest BCUT2D eigenvalue weighted by atomic mass is 10.0. The molecule has 1 aromatic carbocycles. The highest BCUT2D eigenvalue weighted by Gasteiger charge is 2.31. The number of piperidine rings is 1. The highest BCUT2D eigenvalue weighted by atomic mass is 35.5. The molecule has 0 atom stereocenters. The van der Waals surface area contributed by atoms with Crippen molar-refractivity contribution in [1.82, 2.24) is 19.6 Å². The minimum absolute atomic E-state index is 0.00668. The third-order valence-electron chi connectivity index (χ3n) is 5.97. The Balaban J connectivity index is 1.46. The Kier molecular flexibility index (Phi) is 5.95. The maximum atomic E-state index is 13.2. The van der Waals surface area contributed by atoms with Crippen molar-refractivity contribution in [3.8, 4) is 0 Å². The van der Waals surface area contributed by atoms with Crippen LogP contribution in [0.5, 0.6) is 0 Å². The Hall–Kier alpha value is -1.56. The lowest BCUT2D eigenvalue weighted by molar-refractivity contribution is 0.0644. The molecule has 0 saturated carbocycles. The van der Waals surface area contributed by atoms with Gasteiger partial charge in [0.25, 0.3) is 5.91 Å². The minimum Gasteiger partial charge on any atom is -0.338 e. The zero-order valence-electron chi connectivity index (χ0n) is 16.2. The van der Waals surface area contributed by atoms with E-state index < -0.39 is 0 Å². The molecule has 28 heavy (non-hydrogen) atoms. The number of aryl methyl sites for hydroxylation is 1. The van der Waals surface area contributed by atoms with Crippen molar-refractivity contribution >= 4 is 29.1 Å². The highest BCUT2D eigenvalue weighted by molar-refractivity contribution is 6.33. The van der Waals surface area contributed by atoms with Gasteiger partial charge in [-0.1, -0.05) is 41.4 Å². The van der Waals surface area contributed by atoms with Gasteiger partial charge in [-0.15, -0.1) is 0 Å². The summed E-state index contributed by atoms with van der Waals surface area (Å²) in [6.07, 6.45) is 4.68. The van der Waals surface area contributed by atoms with E-state index in [1.807, 2.05) is 36.1 Å². The van der Waals surface area contributed by atoms with Crippen LogP contribution >= 0.6 is 23.2 Å². The molecule has 0 bridgehead atoms. The highest BCUT2D eigenvalue weighted by Crippen LogP contribution is 2.27. The molecule has 0 spiro atoms. The van der Waals surface area contributed by atoms with Crippen molar-refractivity contribution in [1.29, 1.82) is 0 Å². The molecule has 0 radical (unpaired) electrons. The first-order valence-electron chi connectivity index (χ1n) is 10.0. The zero-order valence-corrected chi connectivity index (χ0v) is 17.7. The Morgan fingerprint density at radius 2 is 1.79 bits per heavy atom. The SMILES string of the molecule is Cc1nn(Cc2ccccc2Cl)c(Cl)c1C(=O)N1CCC(N2CCCC2)CC1. The van der Waals surface area contributed by atoms with Gasteiger partial charge in [0, 0.05) is 24.2 Å². The van der Waals surface area contributed by atoms with E-state index in [9.17, 15) is 4.79 Å². The van der Waals surface area contributed by atoms with Crippen LogP contribution in [0.1, 0.15) is 47.3 Å². The number of halogens is 2. The summed E-state index contributed by atoms with van der Waals surface area (Å²) < 4.78 is 1.67. The molecule has 0 N–H and O–H groups in total. The summed E-state index contributed by atoms with van der Waals surface area (Å²) >= 11 is 12.8. The van der Waals surface area contributed by atoms with Crippen LogP contribution in [-0.2, 0) is 6.54 Å². The van der Waals surface area contributed by atoms with Crippen LogP contribution in [0.2, 0.25) is 10.2 Å². The monoisotopic (exact) mass is 420 g/mol. The molecular weight excluding hydrogens is 395 g/mol. The van der Waals surface area contributed by atoms with E-state index in [1.165, 1.54) is 25.9 Å². The average Bonchev–Trinajstić information content (AvgIpc) is 3.32. The number of amides is 1. The third-order valence-corrected chi connectivity index (χ3v) is 6.72. The van der Waals surface area contributed by atoms with E-state index in [4.69, 9.17) is 23.2 Å². The molecule has 2 saturated heterocycles. The van der Waals surface area contributed by atoms with Gasteiger partial charge in [0.05, 0.1) is 17.8 Å². The summed E-state index contributed by atoms with van der Waals surface area (Å²) in [6, 6.07) is 8.23. The maximum Gasteiger partial charge on any atom is 0.258 e. The number of hydrogen-bond acceptors (Lipinski definition) is 3. The summed E-state index contributed by atoms with van der Waals surface area (Å²) in [7, 11) is 0. The van der Waals surface area contributed by atoms with Crippen LogP contribution in [0.25, 0.3) is 0 Å². The number of carbonyl (C=O) groups is 1. The van der Waals surface area contributed by atoms with Crippen molar-refractivity contribution in [2.75, 3.05) is 26.2 Å². The van der Waals surface area contributed by atoms with Gasteiger partial charge in [-0.2, -0.15) is 5.10 Å². The summed E-state index contributed by atoms with van der Waals surface area (Å²) in [5.41, 5.74) is 2.12. The quantitative estimate of drug-likeness (QED) is 0.742. The molecule has 2 aromatic rings. The summed E-state index contributed by atoms with van der Waals surface area (Å²) in [6.45, 7) is 6.27. The van der Waals surface area contributed by atoms with Crippen molar-refractivity contribution in [2.45, 2.75) is 45.2 Å². The Labute approximate surface area is 176 Å². The molecule has 7 heteroatoms. The fourth-order valence-electron chi connectivity index (χ4n) is 4.39. The Morgan fingerprint density at radius 3 is 2.46 bits per heavy atom. The molecule has 4 rings (SSSR count). The predicted octanol–water partition coefficient (Wildman–Crippen LogP) is 4.25. The maximum absolute atomic E-state index is 13.2. The lowest BCUT2D eigenvalue weighted by Gasteiger charge is -2.36. The van der Waals surface area contributed by atoms with Crippen molar-refractivity contribution in [3.63, 3.8) is 0 Å². The largest absolute Gasteiger partial charge is 0.338 e. The van der Waals surface area contributed by atoms with Crippen molar-refractivity contribution < 1.29 is 4.79 Å². The molecule has 0 aliphatic carbocycles. The Bertz CT molecular complexity index is 852. The van der Waals surface area contributed by atoms with Gasteiger partial charge in [0.1, 0.15) is 5.15 Å². The number of likely N-dealkylation sites (tertiary alicyclic amines) is 2. The molecule has 0 unspecified atom stereocenters. The fraction of sp³-hybridized carbons (Fsp3) is 0.524. The Morgan fingerprint density at radius 1 is 1.11 bits per heavy atom. The average molecular weight is 421 g/mol. The molecule has 2 aliphatic heterocycles. The van der Waals surface area contributed by atoms with Crippen LogP contribution in [0.3, 0.4) is 0 Å². The van der Waals surface area contributed by atoms with Crippen LogP contribution < -0.4 is 0 Å². The smallest absolute Gasteiger partial charge is 0.258 e. The van der Waals surface area contributed by atoms with Gasteiger partial charge in [-0.3, -0.25) is 4.79 Å². The van der Waals surface area contributed by atoms with E-state index in [0.29, 0.717) is 34.0 Å². The molecule has 5 nitrogen and oxygen atoms in total. The topological polar surface area (TPSA) is 41.4 Å². The van der Waals surface area contributed by atoms with Gasteiger partial charge < -0.3 is 9.80 Å². The second-order valence-electron chi connectivity index (χ2n) is 7.77. The van der Waals surface area contributed by atoms with E-state index >= 15 is 0 Å². The normalized spacial score (nSPS) is 18.8. The summed E-state index contributed by atoms with van der Waals surface area (Å²) in [5, 5.41) is 5.57. The zero-order chi connectivity index (χ0) is 19.7. The van der Waals surface area contributed by atoms with Gasteiger partial charge >= 0.3 is 0 Å². The van der Waals surface area contributed by atoms with Crippen LogP contribution in [0.15, 0.2) is 24.3 Å². The standard InChI is InChI=1S/C21H26Cl2N4O/c1-15-19(20(23)27(24-15)14-16-6-2-3-7-18(16)22)21(28)26-12-8-17(9-13-26)25-10-4-5-11-25/h2-3,6-7,17H,4-5,8-14H2,1H3. The molecule has 2 fully saturated rings.